The predicted molar refractivity (Wildman–Crippen MR) is 51.9 cm³/mol. The first-order valence-corrected chi connectivity index (χ1v) is 4.37. The molecule has 0 unspecified atom stereocenters. The number of fused-ring (bicyclic) bond motifs is 1. The van der Waals surface area contributed by atoms with Crippen LogP contribution in [0.4, 0.5) is 0 Å². The van der Waals surface area contributed by atoms with Gasteiger partial charge in [0.05, 0.1) is 11.6 Å². The number of alkyl halides is 1. The average Bonchev–Trinajstić information content (AvgIpc) is 2.18. The van der Waals surface area contributed by atoms with E-state index in [1.807, 2.05) is 12.1 Å². The molecule has 0 spiro atoms. The first-order chi connectivity index (χ1) is 6.31. The van der Waals surface area contributed by atoms with Crippen LogP contribution in [-0.4, -0.2) is 10.2 Å². The molecule has 0 aliphatic carbocycles. The fourth-order valence-corrected chi connectivity index (χ4v) is 1.38. The van der Waals surface area contributed by atoms with E-state index in [1.165, 1.54) is 0 Å². The molecule has 1 N–H and O–H groups in total. The lowest BCUT2D eigenvalue weighted by Crippen LogP contribution is -2.07. The highest BCUT2D eigenvalue weighted by Crippen LogP contribution is 2.11. The number of hydrogen-bond acceptors (Lipinski definition) is 2. The molecular weight excluding hydrogens is 188 g/mol. The van der Waals surface area contributed by atoms with E-state index in [9.17, 15) is 4.79 Å². The third-order valence-corrected chi connectivity index (χ3v) is 2.19. The molecule has 1 aromatic carbocycles. The number of rotatable bonds is 1. The van der Waals surface area contributed by atoms with Crippen LogP contribution in [0.25, 0.3) is 10.8 Å². The number of nitrogens with one attached hydrogen (secondary N) is 1. The minimum absolute atomic E-state index is 0.176. The lowest BCUT2D eigenvalue weighted by molar-refractivity contribution is 1.01. The van der Waals surface area contributed by atoms with Crippen molar-refractivity contribution in [2.75, 3.05) is 0 Å². The van der Waals surface area contributed by atoms with E-state index in [4.69, 9.17) is 11.6 Å². The average molecular weight is 195 g/mol. The second-order valence-corrected chi connectivity index (χ2v) is 3.02. The smallest absolute Gasteiger partial charge is 0.267 e. The number of aromatic nitrogens is 2. The Hall–Kier alpha value is -1.35. The molecule has 4 heteroatoms. The molecule has 13 heavy (non-hydrogen) atoms. The molecule has 1 aromatic heterocycles. The van der Waals surface area contributed by atoms with Crippen molar-refractivity contribution >= 4 is 22.4 Å². The van der Waals surface area contributed by atoms with Gasteiger partial charge < -0.3 is 0 Å². The Morgan fingerprint density at radius 1 is 1.46 bits per heavy atom. The SMILES string of the molecule is O=c1[nH]ncc2ccc(CCl)cc12. The Morgan fingerprint density at radius 3 is 3.08 bits per heavy atom. The van der Waals surface area contributed by atoms with Crippen molar-refractivity contribution in [1.29, 1.82) is 0 Å². The summed E-state index contributed by atoms with van der Waals surface area (Å²) in [5.74, 6) is 0.414. The van der Waals surface area contributed by atoms with E-state index < -0.39 is 0 Å². The lowest BCUT2D eigenvalue weighted by Gasteiger charge is -1.97. The molecule has 2 aromatic rings. The minimum atomic E-state index is -0.176. The zero-order valence-corrected chi connectivity index (χ0v) is 7.51. The molecule has 0 bridgehead atoms. The summed E-state index contributed by atoms with van der Waals surface area (Å²) in [7, 11) is 0. The van der Waals surface area contributed by atoms with Crippen molar-refractivity contribution in [3.63, 3.8) is 0 Å². The lowest BCUT2D eigenvalue weighted by atomic mass is 10.1. The molecule has 0 amide bonds. The first kappa shape index (κ1) is 8.26. The van der Waals surface area contributed by atoms with Crippen molar-refractivity contribution < 1.29 is 0 Å². The molecule has 3 nitrogen and oxygen atoms in total. The Labute approximate surface area is 79.4 Å². The predicted octanol–water partition coefficient (Wildman–Crippen LogP) is 1.66. The van der Waals surface area contributed by atoms with Gasteiger partial charge in [-0.3, -0.25) is 4.79 Å². The van der Waals surface area contributed by atoms with Gasteiger partial charge in [-0.1, -0.05) is 12.1 Å². The van der Waals surface area contributed by atoms with Crippen LogP contribution >= 0.6 is 11.6 Å². The van der Waals surface area contributed by atoms with Gasteiger partial charge in [-0.05, 0) is 11.6 Å². The van der Waals surface area contributed by atoms with Gasteiger partial charge in [0.15, 0.2) is 0 Å². The second-order valence-electron chi connectivity index (χ2n) is 2.75. The molecule has 0 radical (unpaired) electrons. The molecule has 0 saturated heterocycles. The Morgan fingerprint density at radius 2 is 2.31 bits per heavy atom. The number of hydrogen-bond donors (Lipinski definition) is 1. The van der Waals surface area contributed by atoms with Crippen LogP contribution in [0.2, 0.25) is 0 Å². The number of H-pyrrole nitrogens is 1. The summed E-state index contributed by atoms with van der Waals surface area (Å²) in [6.45, 7) is 0. The highest BCUT2D eigenvalue weighted by molar-refractivity contribution is 6.17. The zero-order valence-electron chi connectivity index (χ0n) is 6.75. The fraction of sp³-hybridized carbons (Fsp3) is 0.111. The molecule has 1 heterocycles. The second kappa shape index (κ2) is 3.18. The highest BCUT2D eigenvalue weighted by Gasteiger charge is 1.98. The minimum Gasteiger partial charge on any atom is -0.267 e. The van der Waals surface area contributed by atoms with Crippen molar-refractivity contribution in [2.24, 2.45) is 0 Å². The van der Waals surface area contributed by atoms with E-state index in [1.54, 1.807) is 12.3 Å². The van der Waals surface area contributed by atoms with Crippen LogP contribution in [0.3, 0.4) is 0 Å². The fourth-order valence-electron chi connectivity index (χ4n) is 1.22. The van der Waals surface area contributed by atoms with Gasteiger partial charge in [0, 0.05) is 11.3 Å². The molecule has 0 atom stereocenters. The summed E-state index contributed by atoms with van der Waals surface area (Å²) in [5.41, 5.74) is 0.760. The molecule has 66 valence electrons. The van der Waals surface area contributed by atoms with Crippen LogP contribution in [0.15, 0.2) is 29.2 Å². The summed E-state index contributed by atoms with van der Waals surface area (Å²) < 4.78 is 0. The van der Waals surface area contributed by atoms with Crippen molar-refractivity contribution in [2.45, 2.75) is 5.88 Å². The van der Waals surface area contributed by atoms with Crippen LogP contribution in [0.5, 0.6) is 0 Å². The highest BCUT2D eigenvalue weighted by atomic mass is 35.5. The van der Waals surface area contributed by atoms with Crippen molar-refractivity contribution in [1.82, 2.24) is 10.2 Å². The maximum absolute atomic E-state index is 11.3. The van der Waals surface area contributed by atoms with Crippen LogP contribution in [0, 0.1) is 0 Å². The van der Waals surface area contributed by atoms with Crippen molar-refractivity contribution in [3.05, 3.63) is 40.3 Å². The van der Waals surface area contributed by atoms with Crippen LogP contribution < -0.4 is 5.56 Å². The summed E-state index contributed by atoms with van der Waals surface area (Å²) in [4.78, 5) is 11.3. The van der Waals surface area contributed by atoms with Crippen LogP contribution in [0.1, 0.15) is 5.56 Å². The Balaban J connectivity index is 2.82. The third kappa shape index (κ3) is 1.42. The molecule has 0 aliphatic heterocycles. The standard InChI is InChI=1S/C9H7ClN2O/c10-4-6-1-2-7-5-11-12-9(13)8(7)3-6/h1-3,5H,4H2,(H,12,13). The number of benzene rings is 1. The van der Waals surface area contributed by atoms with E-state index >= 15 is 0 Å². The molecule has 0 saturated carbocycles. The normalized spacial score (nSPS) is 10.5. The van der Waals surface area contributed by atoms with Crippen LogP contribution in [-0.2, 0) is 5.88 Å². The van der Waals surface area contributed by atoms with E-state index in [2.05, 4.69) is 10.2 Å². The monoisotopic (exact) mass is 194 g/mol. The van der Waals surface area contributed by atoms with E-state index in [0.717, 1.165) is 10.9 Å². The van der Waals surface area contributed by atoms with Gasteiger partial charge in [0.1, 0.15) is 0 Å². The van der Waals surface area contributed by atoms with E-state index in [-0.39, 0.29) is 5.56 Å². The zero-order chi connectivity index (χ0) is 9.26. The summed E-state index contributed by atoms with van der Waals surface area (Å²) >= 11 is 5.65. The maximum atomic E-state index is 11.3. The molecular formula is C9H7ClN2O. The van der Waals surface area contributed by atoms with Gasteiger partial charge in [0.2, 0.25) is 0 Å². The summed E-state index contributed by atoms with van der Waals surface area (Å²) in [6.07, 6.45) is 1.62. The Bertz CT molecular complexity index is 492. The summed E-state index contributed by atoms with van der Waals surface area (Å²) in [6, 6.07) is 5.51. The van der Waals surface area contributed by atoms with Gasteiger partial charge in [-0.2, -0.15) is 5.10 Å². The van der Waals surface area contributed by atoms with Gasteiger partial charge in [0.25, 0.3) is 5.56 Å². The topological polar surface area (TPSA) is 45.8 Å². The largest absolute Gasteiger partial charge is 0.272 e. The quantitative estimate of drug-likeness (QED) is 0.702. The Kier molecular flexibility index (Phi) is 2.02. The van der Waals surface area contributed by atoms with Gasteiger partial charge in [-0.15, -0.1) is 11.6 Å². The number of halogens is 1. The molecule has 0 aliphatic rings. The number of nitrogens with zero attached hydrogens (tertiary/aromatic N) is 1. The number of aromatic amines is 1. The van der Waals surface area contributed by atoms with E-state index in [0.29, 0.717) is 11.3 Å². The maximum Gasteiger partial charge on any atom is 0.272 e. The van der Waals surface area contributed by atoms with Crippen molar-refractivity contribution in [3.8, 4) is 0 Å². The molecule has 0 fully saturated rings. The third-order valence-electron chi connectivity index (χ3n) is 1.89. The summed E-state index contributed by atoms with van der Waals surface area (Å²) in [5, 5.41) is 7.54. The molecule has 2 rings (SSSR count). The van der Waals surface area contributed by atoms with Gasteiger partial charge >= 0.3 is 0 Å². The first-order valence-electron chi connectivity index (χ1n) is 3.83. The van der Waals surface area contributed by atoms with Gasteiger partial charge in [-0.25, -0.2) is 5.10 Å².